The normalized spacial score (nSPS) is 19.9. The Balaban J connectivity index is 2.24. The first kappa shape index (κ1) is 7.74. The number of furan rings is 1. The fourth-order valence-electron chi connectivity index (χ4n) is 1.80. The quantitative estimate of drug-likeness (QED) is 0.691. The van der Waals surface area contributed by atoms with Crippen molar-refractivity contribution >= 4 is 16.7 Å². The monoisotopic (exact) mass is 189 g/mol. The van der Waals surface area contributed by atoms with E-state index in [-0.39, 0.29) is 0 Å². The summed E-state index contributed by atoms with van der Waals surface area (Å²) in [5, 5.41) is 4.42. The lowest BCUT2D eigenvalue weighted by Crippen LogP contribution is -2.28. The third-order valence-corrected chi connectivity index (χ3v) is 2.47. The van der Waals surface area contributed by atoms with Gasteiger partial charge in [0.2, 0.25) is 0 Å². The minimum Gasteiger partial charge on any atom is -0.489 e. The summed E-state index contributed by atoms with van der Waals surface area (Å²) in [6.45, 7) is 2.81. The zero-order chi connectivity index (χ0) is 9.54. The van der Waals surface area contributed by atoms with Crippen LogP contribution in [0.4, 0.5) is 5.69 Å². The number of anilines is 1. The summed E-state index contributed by atoms with van der Waals surface area (Å²) < 4.78 is 11.0. The summed E-state index contributed by atoms with van der Waals surface area (Å²) in [4.78, 5) is 0. The van der Waals surface area contributed by atoms with Crippen LogP contribution >= 0.6 is 0 Å². The van der Waals surface area contributed by atoms with Crippen LogP contribution in [0.5, 0.6) is 5.75 Å². The number of hydrogen-bond acceptors (Lipinski definition) is 3. The Morgan fingerprint density at radius 3 is 3.21 bits per heavy atom. The Kier molecular flexibility index (Phi) is 1.48. The van der Waals surface area contributed by atoms with Crippen molar-refractivity contribution in [1.29, 1.82) is 0 Å². The Hall–Kier alpha value is -1.64. The van der Waals surface area contributed by atoms with Crippen LogP contribution in [-0.2, 0) is 0 Å². The van der Waals surface area contributed by atoms with Crippen LogP contribution in [-0.4, -0.2) is 12.6 Å². The molecule has 1 aliphatic rings. The number of ether oxygens (including phenoxy) is 1. The third kappa shape index (κ3) is 0.985. The molecule has 1 atom stereocenters. The van der Waals surface area contributed by atoms with Crippen molar-refractivity contribution < 1.29 is 9.15 Å². The molecule has 72 valence electrons. The van der Waals surface area contributed by atoms with E-state index >= 15 is 0 Å². The van der Waals surface area contributed by atoms with Gasteiger partial charge in [0.05, 0.1) is 23.4 Å². The average Bonchev–Trinajstić information content (AvgIpc) is 2.65. The molecule has 3 heteroatoms. The molecular formula is C11H11NO2. The molecule has 0 spiro atoms. The topological polar surface area (TPSA) is 34.4 Å². The SMILES string of the molecule is CC1COc2c(ccc3occc23)N1. The average molecular weight is 189 g/mol. The number of nitrogens with one attached hydrogen (secondary N) is 1. The van der Waals surface area contributed by atoms with Gasteiger partial charge in [-0.3, -0.25) is 0 Å². The maximum absolute atomic E-state index is 5.68. The lowest BCUT2D eigenvalue weighted by Gasteiger charge is -2.24. The van der Waals surface area contributed by atoms with E-state index in [4.69, 9.17) is 9.15 Å². The second-order valence-electron chi connectivity index (χ2n) is 3.63. The molecule has 0 fully saturated rings. The third-order valence-electron chi connectivity index (χ3n) is 2.47. The highest BCUT2D eigenvalue weighted by atomic mass is 16.5. The fourth-order valence-corrected chi connectivity index (χ4v) is 1.80. The van der Waals surface area contributed by atoms with E-state index in [2.05, 4.69) is 12.2 Å². The summed E-state index contributed by atoms with van der Waals surface area (Å²) >= 11 is 0. The summed E-state index contributed by atoms with van der Waals surface area (Å²) in [6.07, 6.45) is 1.69. The summed E-state index contributed by atoms with van der Waals surface area (Å²) in [7, 11) is 0. The smallest absolute Gasteiger partial charge is 0.153 e. The molecule has 3 rings (SSSR count). The van der Waals surface area contributed by atoms with Crippen LogP contribution in [0, 0.1) is 0 Å². The van der Waals surface area contributed by atoms with E-state index in [9.17, 15) is 0 Å². The van der Waals surface area contributed by atoms with E-state index in [1.807, 2.05) is 18.2 Å². The predicted octanol–water partition coefficient (Wildman–Crippen LogP) is 2.63. The Bertz CT molecular complexity index is 475. The zero-order valence-electron chi connectivity index (χ0n) is 7.91. The molecular weight excluding hydrogens is 178 g/mol. The van der Waals surface area contributed by atoms with Gasteiger partial charge in [0.15, 0.2) is 5.75 Å². The Labute approximate surface area is 81.7 Å². The lowest BCUT2D eigenvalue weighted by molar-refractivity contribution is 0.295. The van der Waals surface area contributed by atoms with Crippen LogP contribution in [0.3, 0.4) is 0 Å². The van der Waals surface area contributed by atoms with E-state index < -0.39 is 0 Å². The van der Waals surface area contributed by atoms with Crippen molar-refractivity contribution in [2.24, 2.45) is 0 Å². The maximum Gasteiger partial charge on any atom is 0.153 e. The summed E-state index contributed by atoms with van der Waals surface area (Å²) in [5.41, 5.74) is 1.93. The van der Waals surface area contributed by atoms with E-state index in [1.54, 1.807) is 6.26 Å². The van der Waals surface area contributed by atoms with Crippen molar-refractivity contribution in [1.82, 2.24) is 0 Å². The van der Waals surface area contributed by atoms with Crippen molar-refractivity contribution in [3.63, 3.8) is 0 Å². The molecule has 1 unspecified atom stereocenters. The molecule has 2 aromatic rings. The molecule has 0 aliphatic carbocycles. The summed E-state index contributed by atoms with van der Waals surface area (Å²) in [5.74, 6) is 0.911. The first-order valence-electron chi connectivity index (χ1n) is 4.74. The Morgan fingerprint density at radius 2 is 2.29 bits per heavy atom. The van der Waals surface area contributed by atoms with Gasteiger partial charge < -0.3 is 14.5 Å². The zero-order valence-corrected chi connectivity index (χ0v) is 7.91. The highest BCUT2D eigenvalue weighted by molar-refractivity contribution is 5.90. The number of hydrogen-bond donors (Lipinski definition) is 1. The molecule has 1 N–H and O–H groups in total. The molecule has 2 heterocycles. The highest BCUT2D eigenvalue weighted by Crippen LogP contribution is 2.36. The van der Waals surface area contributed by atoms with Gasteiger partial charge in [-0.1, -0.05) is 0 Å². The van der Waals surface area contributed by atoms with Gasteiger partial charge in [-0.15, -0.1) is 0 Å². The van der Waals surface area contributed by atoms with Gasteiger partial charge in [0.1, 0.15) is 12.2 Å². The van der Waals surface area contributed by atoms with Gasteiger partial charge in [0.25, 0.3) is 0 Å². The van der Waals surface area contributed by atoms with Gasteiger partial charge in [-0.05, 0) is 25.1 Å². The predicted molar refractivity (Wildman–Crippen MR) is 54.8 cm³/mol. The molecule has 3 nitrogen and oxygen atoms in total. The first-order chi connectivity index (χ1) is 6.84. The maximum atomic E-state index is 5.68. The van der Waals surface area contributed by atoms with Crippen LogP contribution in [0.1, 0.15) is 6.92 Å². The van der Waals surface area contributed by atoms with E-state index in [0.717, 1.165) is 22.4 Å². The van der Waals surface area contributed by atoms with Gasteiger partial charge in [-0.25, -0.2) is 0 Å². The second kappa shape index (κ2) is 2.67. The van der Waals surface area contributed by atoms with Crippen LogP contribution < -0.4 is 10.1 Å². The standard InChI is InChI=1S/C11H11NO2/c1-7-6-14-11-8-4-5-13-10(8)3-2-9(11)12-7/h2-5,7,12H,6H2,1H3. The van der Waals surface area contributed by atoms with Crippen molar-refractivity contribution in [2.75, 3.05) is 11.9 Å². The lowest BCUT2D eigenvalue weighted by atomic mass is 10.1. The van der Waals surface area contributed by atoms with Crippen molar-refractivity contribution in [3.05, 3.63) is 24.5 Å². The minimum absolute atomic E-state index is 0.367. The highest BCUT2D eigenvalue weighted by Gasteiger charge is 2.18. The van der Waals surface area contributed by atoms with Gasteiger partial charge >= 0.3 is 0 Å². The van der Waals surface area contributed by atoms with Gasteiger partial charge in [-0.2, -0.15) is 0 Å². The number of rotatable bonds is 0. The molecule has 14 heavy (non-hydrogen) atoms. The second-order valence-corrected chi connectivity index (χ2v) is 3.63. The molecule has 0 saturated heterocycles. The van der Waals surface area contributed by atoms with Crippen LogP contribution in [0.2, 0.25) is 0 Å². The molecule has 0 amide bonds. The molecule has 0 saturated carbocycles. The van der Waals surface area contributed by atoms with E-state index in [1.165, 1.54) is 0 Å². The van der Waals surface area contributed by atoms with E-state index in [0.29, 0.717) is 12.6 Å². The largest absolute Gasteiger partial charge is 0.489 e. The van der Waals surface area contributed by atoms with Crippen molar-refractivity contribution in [2.45, 2.75) is 13.0 Å². The number of benzene rings is 1. The van der Waals surface area contributed by atoms with Crippen molar-refractivity contribution in [3.8, 4) is 5.75 Å². The molecule has 1 aliphatic heterocycles. The van der Waals surface area contributed by atoms with Crippen LogP contribution in [0.25, 0.3) is 11.0 Å². The molecule has 0 radical (unpaired) electrons. The molecule has 1 aromatic carbocycles. The summed E-state index contributed by atoms with van der Waals surface area (Å²) in [6, 6.07) is 6.26. The first-order valence-corrected chi connectivity index (χ1v) is 4.74. The molecule has 0 bridgehead atoms. The Morgan fingerprint density at radius 1 is 1.36 bits per heavy atom. The van der Waals surface area contributed by atoms with Gasteiger partial charge in [0, 0.05) is 0 Å². The minimum atomic E-state index is 0.367. The number of fused-ring (bicyclic) bond motifs is 3. The fraction of sp³-hybridized carbons (Fsp3) is 0.273. The van der Waals surface area contributed by atoms with Crippen LogP contribution in [0.15, 0.2) is 28.9 Å². The molecule has 1 aromatic heterocycles.